The Morgan fingerprint density at radius 2 is 2.04 bits per heavy atom. The number of hydrogen-bond donors (Lipinski definition) is 1. The minimum absolute atomic E-state index is 0.0199. The molecule has 0 saturated carbocycles. The number of para-hydroxylation sites is 2. The molecule has 0 radical (unpaired) electrons. The van der Waals surface area contributed by atoms with E-state index in [0.717, 1.165) is 38.5 Å². The van der Waals surface area contributed by atoms with E-state index < -0.39 is 0 Å². The largest absolute Gasteiger partial charge is 0.482 e. The molecule has 136 valence electrons. The van der Waals surface area contributed by atoms with Gasteiger partial charge < -0.3 is 19.7 Å². The summed E-state index contributed by atoms with van der Waals surface area (Å²) in [5, 5.41) is 3.01. The number of nitrogens with zero attached hydrogens (tertiary/aromatic N) is 2. The van der Waals surface area contributed by atoms with Gasteiger partial charge in [0.25, 0.3) is 5.91 Å². The minimum atomic E-state index is -0.118. The smallest absolute Gasteiger partial charge is 0.265 e. The van der Waals surface area contributed by atoms with Crippen LogP contribution in [0.3, 0.4) is 0 Å². The Balaban J connectivity index is 1.48. The molecule has 1 atom stereocenters. The number of carbonyl (C=O) groups is 2. The standard InChI is InChI=1S/C18H25N3O4/c1-14(12-20-8-10-24-11-9-20)19-17(22)6-7-21-15-4-2-3-5-16(15)25-13-18(21)23/h2-5,14H,6-13H2,1H3,(H,19,22). The first kappa shape index (κ1) is 17.7. The Hall–Kier alpha value is -2.12. The van der Waals surface area contributed by atoms with Crippen LogP contribution in [-0.4, -0.2) is 68.8 Å². The molecule has 7 heteroatoms. The average Bonchev–Trinajstić information content (AvgIpc) is 2.61. The van der Waals surface area contributed by atoms with E-state index in [1.807, 2.05) is 31.2 Å². The molecule has 7 nitrogen and oxygen atoms in total. The quantitative estimate of drug-likeness (QED) is 0.818. The molecule has 1 saturated heterocycles. The third-order valence-electron chi connectivity index (χ3n) is 4.41. The molecule has 2 amide bonds. The van der Waals surface area contributed by atoms with E-state index in [-0.39, 0.29) is 30.9 Å². The van der Waals surface area contributed by atoms with Crippen molar-refractivity contribution in [3.8, 4) is 5.75 Å². The summed E-state index contributed by atoms with van der Waals surface area (Å²) in [6.45, 7) is 6.50. The van der Waals surface area contributed by atoms with Crippen LogP contribution in [0.2, 0.25) is 0 Å². The van der Waals surface area contributed by atoms with E-state index in [4.69, 9.17) is 9.47 Å². The molecular weight excluding hydrogens is 322 g/mol. The second kappa shape index (κ2) is 8.31. The Labute approximate surface area is 147 Å². The second-order valence-corrected chi connectivity index (χ2v) is 6.43. The predicted molar refractivity (Wildman–Crippen MR) is 93.8 cm³/mol. The summed E-state index contributed by atoms with van der Waals surface area (Å²) in [4.78, 5) is 28.3. The van der Waals surface area contributed by atoms with Crippen molar-refractivity contribution in [3.05, 3.63) is 24.3 Å². The van der Waals surface area contributed by atoms with Gasteiger partial charge in [-0.05, 0) is 19.1 Å². The second-order valence-electron chi connectivity index (χ2n) is 6.43. The molecule has 2 aliphatic heterocycles. The van der Waals surface area contributed by atoms with Crippen LogP contribution in [0.5, 0.6) is 5.75 Å². The van der Waals surface area contributed by atoms with Crippen molar-refractivity contribution in [1.82, 2.24) is 10.2 Å². The normalized spacial score (nSPS) is 19.1. The zero-order chi connectivity index (χ0) is 17.6. The molecule has 0 bridgehead atoms. The molecule has 2 aliphatic rings. The van der Waals surface area contributed by atoms with Crippen molar-refractivity contribution in [2.24, 2.45) is 0 Å². The Kier molecular flexibility index (Phi) is 5.88. The van der Waals surface area contributed by atoms with Crippen LogP contribution in [0.4, 0.5) is 5.69 Å². The van der Waals surface area contributed by atoms with Crippen LogP contribution in [0, 0.1) is 0 Å². The van der Waals surface area contributed by atoms with Crippen LogP contribution in [0.15, 0.2) is 24.3 Å². The van der Waals surface area contributed by atoms with E-state index in [1.54, 1.807) is 4.90 Å². The highest BCUT2D eigenvalue weighted by atomic mass is 16.5. The van der Waals surface area contributed by atoms with E-state index in [9.17, 15) is 9.59 Å². The van der Waals surface area contributed by atoms with Gasteiger partial charge in [0.1, 0.15) is 5.75 Å². The number of amides is 2. The lowest BCUT2D eigenvalue weighted by atomic mass is 10.2. The number of carbonyl (C=O) groups excluding carboxylic acids is 2. The molecule has 0 aliphatic carbocycles. The Bertz CT molecular complexity index is 616. The Morgan fingerprint density at radius 3 is 2.84 bits per heavy atom. The molecule has 1 N–H and O–H groups in total. The molecule has 1 fully saturated rings. The summed E-state index contributed by atoms with van der Waals surface area (Å²) in [7, 11) is 0. The molecule has 1 aromatic carbocycles. The zero-order valence-electron chi connectivity index (χ0n) is 14.6. The molecule has 2 heterocycles. The van der Waals surface area contributed by atoms with Gasteiger partial charge in [-0.15, -0.1) is 0 Å². The number of nitrogens with one attached hydrogen (secondary N) is 1. The van der Waals surface area contributed by atoms with E-state index in [2.05, 4.69) is 10.2 Å². The van der Waals surface area contributed by atoms with Gasteiger partial charge in [0, 0.05) is 38.6 Å². The lowest BCUT2D eigenvalue weighted by molar-refractivity contribution is -0.122. The number of hydrogen-bond acceptors (Lipinski definition) is 5. The third-order valence-corrected chi connectivity index (χ3v) is 4.41. The highest BCUT2D eigenvalue weighted by molar-refractivity contribution is 5.98. The molecule has 1 unspecified atom stereocenters. The van der Waals surface area contributed by atoms with Gasteiger partial charge in [-0.3, -0.25) is 14.5 Å². The number of fused-ring (bicyclic) bond motifs is 1. The molecule has 3 rings (SSSR count). The van der Waals surface area contributed by atoms with E-state index in [0.29, 0.717) is 12.3 Å². The van der Waals surface area contributed by atoms with Crippen molar-refractivity contribution in [2.45, 2.75) is 19.4 Å². The van der Waals surface area contributed by atoms with Gasteiger partial charge >= 0.3 is 0 Å². The Morgan fingerprint density at radius 1 is 1.28 bits per heavy atom. The van der Waals surface area contributed by atoms with Crippen LogP contribution in [0.1, 0.15) is 13.3 Å². The first-order chi connectivity index (χ1) is 12.1. The van der Waals surface area contributed by atoms with Crippen molar-refractivity contribution in [2.75, 3.05) is 50.9 Å². The molecular formula is C18H25N3O4. The summed E-state index contributed by atoms with van der Waals surface area (Å²) in [5.41, 5.74) is 0.730. The zero-order valence-corrected chi connectivity index (χ0v) is 14.6. The molecule has 0 aromatic heterocycles. The number of rotatable bonds is 6. The first-order valence-electron chi connectivity index (χ1n) is 8.75. The molecule has 1 aromatic rings. The summed E-state index contributed by atoms with van der Waals surface area (Å²) >= 11 is 0. The predicted octanol–water partition coefficient (Wildman–Crippen LogP) is 0.639. The molecule has 25 heavy (non-hydrogen) atoms. The highest BCUT2D eigenvalue weighted by Crippen LogP contribution is 2.31. The average molecular weight is 347 g/mol. The maximum atomic E-state index is 12.2. The highest BCUT2D eigenvalue weighted by Gasteiger charge is 2.25. The number of anilines is 1. The lowest BCUT2D eigenvalue weighted by Gasteiger charge is -2.30. The first-order valence-corrected chi connectivity index (χ1v) is 8.75. The lowest BCUT2D eigenvalue weighted by Crippen LogP contribution is -2.47. The van der Waals surface area contributed by atoms with Crippen LogP contribution < -0.4 is 15.0 Å². The molecule has 0 spiro atoms. The van der Waals surface area contributed by atoms with Gasteiger partial charge in [-0.2, -0.15) is 0 Å². The van der Waals surface area contributed by atoms with Crippen LogP contribution in [0.25, 0.3) is 0 Å². The summed E-state index contributed by atoms with van der Waals surface area (Å²) in [5.74, 6) is 0.522. The van der Waals surface area contributed by atoms with Crippen molar-refractivity contribution in [3.63, 3.8) is 0 Å². The van der Waals surface area contributed by atoms with Gasteiger partial charge in [0.05, 0.1) is 18.9 Å². The van der Waals surface area contributed by atoms with E-state index in [1.165, 1.54) is 0 Å². The fraction of sp³-hybridized carbons (Fsp3) is 0.556. The maximum Gasteiger partial charge on any atom is 0.265 e. The minimum Gasteiger partial charge on any atom is -0.482 e. The van der Waals surface area contributed by atoms with Gasteiger partial charge in [0.15, 0.2) is 6.61 Å². The van der Waals surface area contributed by atoms with Crippen molar-refractivity contribution < 1.29 is 19.1 Å². The van der Waals surface area contributed by atoms with Crippen LogP contribution >= 0.6 is 0 Å². The topological polar surface area (TPSA) is 71.1 Å². The fourth-order valence-electron chi connectivity index (χ4n) is 3.18. The van der Waals surface area contributed by atoms with E-state index >= 15 is 0 Å². The third kappa shape index (κ3) is 4.70. The van der Waals surface area contributed by atoms with Gasteiger partial charge in [0.2, 0.25) is 5.91 Å². The summed E-state index contributed by atoms with van der Waals surface area (Å²) in [6.07, 6.45) is 0.271. The SMILES string of the molecule is CC(CN1CCOCC1)NC(=O)CCN1C(=O)COc2ccccc21. The van der Waals surface area contributed by atoms with Gasteiger partial charge in [-0.25, -0.2) is 0 Å². The fourth-order valence-corrected chi connectivity index (χ4v) is 3.18. The summed E-state index contributed by atoms with van der Waals surface area (Å²) in [6, 6.07) is 7.47. The number of benzene rings is 1. The number of morpholine rings is 1. The van der Waals surface area contributed by atoms with Crippen LogP contribution in [-0.2, 0) is 14.3 Å². The van der Waals surface area contributed by atoms with Gasteiger partial charge in [-0.1, -0.05) is 12.1 Å². The number of ether oxygens (including phenoxy) is 2. The summed E-state index contributed by atoms with van der Waals surface area (Å²) < 4.78 is 10.7. The maximum absolute atomic E-state index is 12.2. The van der Waals surface area contributed by atoms with Crippen molar-refractivity contribution >= 4 is 17.5 Å². The van der Waals surface area contributed by atoms with Crippen molar-refractivity contribution in [1.29, 1.82) is 0 Å². The monoisotopic (exact) mass is 347 g/mol.